The lowest BCUT2D eigenvalue weighted by Crippen LogP contribution is -2.41. The summed E-state index contributed by atoms with van der Waals surface area (Å²) in [6.07, 6.45) is 3.69. The van der Waals surface area contributed by atoms with Gasteiger partial charge in [-0.05, 0) is 68.1 Å². The Morgan fingerprint density at radius 1 is 1.17 bits per heavy atom. The predicted molar refractivity (Wildman–Crippen MR) is 116 cm³/mol. The monoisotopic (exact) mass is 400 g/mol. The average Bonchev–Trinajstić information content (AvgIpc) is 3.19. The molecule has 0 amide bonds. The number of furan rings is 1. The van der Waals surface area contributed by atoms with Crippen LogP contribution in [0.1, 0.15) is 36.8 Å². The first-order valence-corrected chi connectivity index (χ1v) is 10.8. The number of benzene rings is 1. The smallest absolute Gasteiger partial charge is 0.129 e. The van der Waals surface area contributed by atoms with Crippen molar-refractivity contribution in [1.29, 1.82) is 0 Å². The number of hydrogen-bond acceptors (Lipinski definition) is 5. The van der Waals surface area contributed by atoms with Crippen LogP contribution in [0.15, 0.2) is 40.8 Å². The summed E-state index contributed by atoms with van der Waals surface area (Å²) in [7, 11) is 3.43. The minimum absolute atomic E-state index is 0.539. The first-order valence-electron chi connectivity index (χ1n) is 10.8. The van der Waals surface area contributed by atoms with Crippen molar-refractivity contribution in [1.82, 2.24) is 9.80 Å². The van der Waals surface area contributed by atoms with Gasteiger partial charge in [-0.25, -0.2) is 0 Å². The second-order valence-corrected chi connectivity index (χ2v) is 8.04. The topological polar surface area (TPSA) is 38.1 Å². The van der Waals surface area contributed by atoms with Crippen molar-refractivity contribution in [2.75, 3.05) is 46.9 Å². The van der Waals surface area contributed by atoms with E-state index in [2.05, 4.69) is 41.0 Å². The average molecular weight is 401 g/mol. The van der Waals surface area contributed by atoms with E-state index >= 15 is 0 Å². The largest absolute Gasteiger partial charge is 0.497 e. The molecule has 1 aromatic heterocycles. The fraction of sp³-hybridized carbons (Fsp3) is 0.583. The second kappa shape index (κ2) is 11.4. The molecule has 0 radical (unpaired) electrons. The summed E-state index contributed by atoms with van der Waals surface area (Å²) in [4.78, 5) is 5.14. The van der Waals surface area contributed by atoms with Crippen LogP contribution in [0.5, 0.6) is 5.75 Å². The van der Waals surface area contributed by atoms with Gasteiger partial charge in [-0.3, -0.25) is 4.90 Å². The summed E-state index contributed by atoms with van der Waals surface area (Å²) in [6, 6.07) is 12.5. The van der Waals surface area contributed by atoms with Crippen molar-refractivity contribution in [2.24, 2.45) is 5.92 Å². The molecular formula is C24H36N2O3. The van der Waals surface area contributed by atoms with Crippen molar-refractivity contribution in [3.05, 3.63) is 53.5 Å². The molecular weight excluding hydrogens is 364 g/mol. The zero-order valence-corrected chi connectivity index (χ0v) is 18.2. The third-order valence-electron chi connectivity index (χ3n) is 5.80. The quantitative estimate of drug-likeness (QED) is 0.565. The van der Waals surface area contributed by atoms with E-state index in [1.165, 1.54) is 31.5 Å². The van der Waals surface area contributed by atoms with Crippen LogP contribution in [0.3, 0.4) is 0 Å². The van der Waals surface area contributed by atoms with Crippen LogP contribution in [0.2, 0.25) is 0 Å². The molecule has 0 spiro atoms. The molecule has 1 atom stereocenters. The Morgan fingerprint density at radius 3 is 2.83 bits per heavy atom. The number of nitrogens with zero attached hydrogens (tertiary/aromatic N) is 2. The summed E-state index contributed by atoms with van der Waals surface area (Å²) < 4.78 is 16.4. The molecule has 1 saturated heterocycles. The zero-order valence-electron chi connectivity index (χ0n) is 18.2. The number of piperidine rings is 1. The highest BCUT2D eigenvalue weighted by Crippen LogP contribution is 2.20. The van der Waals surface area contributed by atoms with Gasteiger partial charge < -0.3 is 18.8 Å². The molecule has 5 nitrogen and oxygen atoms in total. The lowest BCUT2D eigenvalue weighted by Gasteiger charge is -2.35. The molecule has 1 aliphatic heterocycles. The van der Waals surface area contributed by atoms with E-state index in [1.54, 1.807) is 14.2 Å². The lowest BCUT2D eigenvalue weighted by molar-refractivity contribution is 0.126. The van der Waals surface area contributed by atoms with Gasteiger partial charge in [0.1, 0.15) is 23.9 Å². The Balaban J connectivity index is 1.47. The molecule has 1 unspecified atom stereocenters. The Morgan fingerprint density at radius 2 is 2.03 bits per heavy atom. The summed E-state index contributed by atoms with van der Waals surface area (Å²) in [6.45, 7) is 9.35. The molecule has 5 heteroatoms. The van der Waals surface area contributed by atoms with Gasteiger partial charge in [-0.15, -0.1) is 0 Å². The van der Waals surface area contributed by atoms with E-state index in [1.807, 2.05) is 12.1 Å². The van der Waals surface area contributed by atoms with Gasteiger partial charge in [0.2, 0.25) is 0 Å². The maximum absolute atomic E-state index is 5.89. The second-order valence-electron chi connectivity index (χ2n) is 8.04. The van der Waals surface area contributed by atoms with E-state index in [0.717, 1.165) is 55.8 Å². The molecule has 0 N–H and O–H groups in total. The van der Waals surface area contributed by atoms with Gasteiger partial charge in [0.15, 0.2) is 0 Å². The Kier molecular flexibility index (Phi) is 8.59. The molecule has 2 heterocycles. The molecule has 29 heavy (non-hydrogen) atoms. The number of methoxy groups -OCH3 is 2. The molecule has 3 rings (SSSR count). The van der Waals surface area contributed by atoms with E-state index in [4.69, 9.17) is 13.9 Å². The third kappa shape index (κ3) is 6.88. The SMILES string of the molecule is CCN(Cc1ccc(COC)o1)CC1CCCN(CCc2cccc(OC)c2)C1. The highest BCUT2D eigenvalue weighted by Gasteiger charge is 2.22. The predicted octanol–water partition coefficient (Wildman–Crippen LogP) is 4.21. The fourth-order valence-corrected chi connectivity index (χ4v) is 4.24. The highest BCUT2D eigenvalue weighted by atomic mass is 16.5. The van der Waals surface area contributed by atoms with Crippen LogP contribution in [0.25, 0.3) is 0 Å². The Hall–Kier alpha value is -1.82. The maximum atomic E-state index is 5.89. The molecule has 1 aromatic carbocycles. The molecule has 1 aliphatic rings. The van der Waals surface area contributed by atoms with Gasteiger partial charge >= 0.3 is 0 Å². The summed E-state index contributed by atoms with van der Waals surface area (Å²) >= 11 is 0. The van der Waals surface area contributed by atoms with E-state index in [-0.39, 0.29) is 0 Å². The van der Waals surface area contributed by atoms with Gasteiger partial charge in [-0.2, -0.15) is 0 Å². The number of hydrogen-bond donors (Lipinski definition) is 0. The lowest BCUT2D eigenvalue weighted by atomic mass is 9.96. The van der Waals surface area contributed by atoms with Crippen molar-refractivity contribution >= 4 is 0 Å². The number of likely N-dealkylation sites (tertiary alicyclic amines) is 1. The fourth-order valence-electron chi connectivity index (χ4n) is 4.24. The van der Waals surface area contributed by atoms with E-state index < -0.39 is 0 Å². The maximum Gasteiger partial charge on any atom is 0.129 e. The molecule has 2 aromatic rings. The molecule has 160 valence electrons. The van der Waals surface area contributed by atoms with E-state index in [9.17, 15) is 0 Å². The summed E-state index contributed by atoms with van der Waals surface area (Å²) in [5, 5.41) is 0. The zero-order chi connectivity index (χ0) is 20.5. The standard InChI is InChI=1S/C24H36N2O3/c1-4-25(18-23-10-11-24(29-23)19-27-2)16-21-8-6-13-26(17-21)14-12-20-7-5-9-22(15-20)28-3/h5,7,9-11,15,21H,4,6,8,12-14,16-19H2,1-3H3. The van der Waals surface area contributed by atoms with Crippen molar-refractivity contribution in [2.45, 2.75) is 39.3 Å². The van der Waals surface area contributed by atoms with Gasteiger partial charge in [-0.1, -0.05) is 19.1 Å². The first-order chi connectivity index (χ1) is 14.2. The van der Waals surface area contributed by atoms with Crippen LogP contribution in [0, 0.1) is 5.92 Å². The van der Waals surface area contributed by atoms with Crippen molar-refractivity contribution < 1.29 is 13.9 Å². The van der Waals surface area contributed by atoms with Gasteiger partial charge in [0, 0.05) is 26.7 Å². The van der Waals surface area contributed by atoms with Gasteiger partial charge in [0.25, 0.3) is 0 Å². The van der Waals surface area contributed by atoms with Crippen LogP contribution < -0.4 is 4.74 Å². The van der Waals surface area contributed by atoms with Crippen molar-refractivity contribution in [3.8, 4) is 5.75 Å². The normalized spacial score (nSPS) is 17.7. The Labute approximate surface area is 175 Å². The molecule has 0 saturated carbocycles. The number of rotatable bonds is 11. The van der Waals surface area contributed by atoms with Gasteiger partial charge in [0.05, 0.1) is 13.7 Å². The Bertz CT molecular complexity index is 730. The highest BCUT2D eigenvalue weighted by molar-refractivity contribution is 5.28. The van der Waals surface area contributed by atoms with Crippen LogP contribution >= 0.6 is 0 Å². The van der Waals surface area contributed by atoms with E-state index in [0.29, 0.717) is 6.61 Å². The molecule has 0 aliphatic carbocycles. The summed E-state index contributed by atoms with van der Waals surface area (Å²) in [5.41, 5.74) is 1.35. The first kappa shape index (κ1) is 21.9. The minimum Gasteiger partial charge on any atom is -0.497 e. The summed E-state index contributed by atoms with van der Waals surface area (Å²) in [5.74, 6) is 3.61. The van der Waals surface area contributed by atoms with Crippen LogP contribution in [-0.4, -0.2) is 56.7 Å². The van der Waals surface area contributed by atoms with Crippen molar-refractivity contribution in [3.63, 3.8) is 0 Å². The third-order valence-corrected chi connectivity index (χ3v) is 5.80. The van der Waals surface area contributed by atoms with Crippen LogP contribution in [0.4, 0.5) is 0 Å². The minimum atomic E-state index is 0.539. The number of ether oxygens (including phenoxy) is 2. The molecule has 1 fully saturated rings. The molecule has 0 bridgehead atoms. The van der Waals surface area contributed by atoms with Crippen LogP contribution in [-0.2, 0) is 24.3 Å².